The molecule has 1 atom stereocenters. The van der Waals surface area contributed by atoms with Crippen molar-refractivity contribution in [3.05, 3.63) is 42.2 Å². The lowest BCUT2D eigenvalue weighted by Gasteiger charge is -2.22. The normalized spacial score (nSPS) is 18.6. The molecule has 1 aliphatic rings. The fraction of sp³-hybridized carbons (Fsp3) is 0.333. The van der Waals surface area contributed by atoms with E-state index in [-0.39, 0.29) is 17.5 Å². The Hall–Kier alpha value is -2.81. The number of carbonyl (C=O) groups excluding carboxylic acids is 2. The molecule has 142 valence electrons. The third-order valence-corrected chi connectivity index (χ3v) is 6.10. The highest BCUT2D eigenvalue weighted by Gasteiger charge is 2.32. The number of para-hydroxylation sites is 2. The van der Waals surface area contributed by atoms with Crippen LogP contribution in [0.1, 0.15) is 12.1 Å². The number of sulfone groups is 1. The molecular formula is C18H19N3O5S. The van der Waals surface area contributed by atoms with Crippen LogP contribution >= 0.6 is 0 Å². The average Bonchev–Trinajstić information content (AvgIpc) is 3.03. The van der Waals surface area contributed by atoms with Crippen LogP contribution in [0.2, 0.25) is 0 Å². The topological polar surface area (TPSA) is 107 Å². The molecule has 8 nitrogen and oxygen atoms in total. The van der Waals surface area contributed by atoms with Crippen LogP contribution in [-0.2, 0) is 24.2 Å². The van der Waals surface area contributed by atoms with Crippen LogP contribution in [0, 0.1) is 0 Å². The molecule has 1 aromatic heterocycles. The molecule has 3 rings (SSSR count). The van der Waals surface area contributed by atoms with Crippen molar-refractivity contribution in [2.75, 3.05) is 25.2 Å². The molecule has 1 saturated heterocycles. The number of benzene rings is 1. The molecule has 0 saturated carbocycles. The van der Waals surface area contributed by atoms with Crippen molar-refractivity contribution in [1.29, 1.82) is 0 Å². The number of likely N-dealkylation sites (N-methyl/N-ethyl adjacent to an activating group) is 1. The minimum absolute atomic E-state index is 0.0519. The second-order valence-electron chi connectivity index (χ2n) is 6.29. The molecule has 0 radical (unpaired) electrons. The molecule has 1 unspecified atom stereocenters. The zero-order chi connectivity index (χ0) is 19.4. The molecule has 27 heavy (non-hydrogen) atoms. The summed E-state index contributed by atoms with van der Waals surface area (Å²) in [6.45, 7) is -0.445. The number of aromatic nitrogens is 2. The lowest BCUT2D eigenvalue weighted by Crippen LogP contribution is -2.40. The van der Waals surface area contributed by atoms with Crippen LogP contribution in [0.3, 0.4) is 0 Å². The molecule has 1 fully saturated rings. The predicted molar refractivity (Wildman–Crippen MR) is 99.4 cm³/mol. The maximum Gasteiger partial charge on any atom is 0.331 e. The number of amides is 1. The van der Waals surface area contributed by atoms with Gasteiger partial charge in [-0.3, -0.25) is 9.78 Å². The zero-order valence-corrected chi connectivity index (χ0v) is 15.6. The van der Waals surface area contributed by atoms with Gasteiger partial charge in [-0.05, 0) is 24.6 Å². The van der Waals surface area contributed by atoms with Crippen LogP contribution in [0.5, 0.6) is 0 Å². The monoisotopic (exact) mass is 389 g/mol. The Bertz CT molecular complexity index is 1000. The molecule has 0 aliphatic carbocycles. The lowest BCUT2D eigenvalue weighted by molar-refractivity contribution is -0.148. The average molecular weight is 389 g/mol. The van der Waals surface area contributed by atoms with Crippen molar-refractivity contribution in [2.45, 2.75) is 12.5 Å². The van der Waals surface area contributed by atoms with E-state index in [0.29, 0.717) is 17.6 Å². The number of rotatable bonds is 5. The number of carbonyl (C=O) groups is 2. The van der Waals surface area contributed by atoms with Gasteiger partial charge in [0.1, 0.15) is 0 Å². The summed E-state index contributed by atoms with van der Waals surface area (Å²) >= 11 is 0. The first kappa shape index (κ1) is 19.0. The van der Waals surface area contributed by atoms with Gasteiger partial charge in [0.25, 0.3) is 5.91 Å². The van der Waals surface area contributed by atoms with Gasteiger partial charge in [-0.2, -0.15) is 0 Å². The van der Waals surface area contributed by atoms with Gasteiger partial charge in [0.2, 0.25) is 0 Å². The van der Waals surface area contributed by atoms with E-state index < -0.39 is 28.3 Å². The standard InChI is InChI=1S/C18H19N3O5S/c1-21(14-8-9-27(24,25)12-14)17(22)11-26-18(23)7-6-13-10-19-15-4-2-3-5-16(15)20-13/h2-7,10,14H,8-9,11-12H2,1H3/b7-6+. The second kappa shape index (κ2) is 7.83. The predicted octanol–water partition coefficient (Wildman–Crippen LogP) is 0.832. The Labute approximate surface area is 156 Å². The summed E-state index contributed by atoms with van der Waals surface area (Å²) in [5.74, 6) is -1.11. The summed E-state index contributed by atoms with van der Waals surface area (Å²) in [4.78, 5) is 33.8. The van der Waals surface area contributed by atoms with Gasteiger partial charge in [-0.15, -0.1) is 0 Å². The number of esters is 1. The van der Waals surface area contributed by atoms with E-state index >= 15 is 0 Å². The number of fused-ring (bicyclic) bond motifs is 1. The van der Waals surface area contributed by atoms with Gasteiger partial charge >= 0.3 is 5.97 Å². The van der Waals surface area contributed by atoms with E-state index in [1.54, 1.807) is 0 Å². The summed E-state index contributed by atoms with van der Waals surface area (Å²) in [7, 11) is -1.57. The molecule has 2 heterocycles. The molecule has 0 N–H and O–H groups in total. The SMILES string of the molecule is CN(C(=O)COC(=O)/C=C/c1cnc2ccccc2n1)C1CCS(=O)(=O)C1. The van der Waals surface area contributed by atoms with Crippen molar-refractivity contribution in [2.24, 2.45) is 0 Å². The van der Waals surface area contributed by atoms with Crippen LogP contribution in [0.4, 0.5) is 0 Å². The van der Waals surface area contributed by atoms with Crippen molar-refractivity contribution < 1.29 is 22.7 Å². The van der Waals surface area contributed by atoms with Gasteiger partial charge in [-0.1, -0.05) is 12.1 Å². The highest BCUT2D eigenvalue weighted by atomic mass is 32.2. The summed E-state index contributed by atoms with van der Waals surface area (Å²) in [6, 6.07) is 6.98. The first-order chi connectivity index (χ1) is 12.8. The maximum atomic E-state index is 12.1. The molecule has 1 aromatic carbocycles. The second-order valence-corrected chi connectivity index (χ2v) is 8.51. The van der Waals surface area contributed by atoms with Crippen LogP contribution in [0.15, 0.2) is 36.5 Å². The first-order valence-electron chi connectivity index (χ1n) is 8.37. The van der Waals surface area contributed by atoms with E-state index in [0.717, 1.165) is 5.52 Å². The minimum atomic E-state index is -3.09. The van der Waals surface area contributed by atoms with Crippen molar-refractivity contribution >= 4 is 38.8 Å². The number of hydrogen-bond acceptors (Lipinski definition) is 7. The quantitative estimate of drug-likeness (QED) is 0.551. The van der Waals surface area contributed by atoms with Crippen molar-refractivity contribution in [1.82, 2.24) is 14.9 Å². The summed E-state index contributed by atoms with van der Waals surface area (Å²) in [5, 5.41) is 0. The van der Waals surface area contributed by atoms with E-state index in [4.69, 9.17) is 4.74 Å². The van der Waals surface area contributed by atoms with Gasteiger partial charge < -0.3 is 9.64 Å². The van der Waals surface area contributed by atoms with Crippen molar-refractivity contribution in [3.8, 4) is 0 Å². The van der Waals surface area contributed by atoms with Crippen molar-refractivity contribution in [3.63, 3.8) is 0 Å². The Morgan fingerprint density at radius 1 is 1.30 bits per heavy atom. The van der Waals surface area contributed by atoms with Crippen LogP contribution in [-0.4, -0.2) is 66.4 Å². The number of hydrogen-bond donors (Lipinski definition) is 0. The van der Waals surface area contributed by atoms with E-state index in [1.807, 2.05) is 24.3 Å². The number of nitrogens with zero attached hydrogens (tertiary/aromatic N) is 3. The van der Waals surface area contributed by atoms with E-state index in [9.17, 15) is 18.0 Å². The Kier molecular flexibility index (Phi) is 5.50. The van der Waals surface area contributed by atoms with Crippen LogP contribution < -0.4 is 0 Å². The lowest BCUT2D eigenvalue weighted by atomic mass is 10.2. The van der Waals surface area contributed by atoms with Gasteiger partial charge in [0.05, 0.1) is 34.4 Å². The molecule has 1 amide bonds. The van der Waals surface area contributed by atoms with Gasteiger partial charge in [0.15, 0.2) is 16.4 Å². The molecule has 2 aromatic rings. The Balaban J connectivity index is 1.52. The highest BCUT2D eigenvalue weighted by Crippen LogP contribution is 2.16. The minimum Gasteiger partial charge on any atom is -0.452 e. The van der Waals surface area contributed by atoms with Gasteiger partial charge in [-0.25, -0.2) is 18.2 Å². The summed E-state index contributed by atoms with van der Waals surface area (Å²) in [6.07, 6.45) is 4.57. The molecule has 0 spiro atoms. The Morgan fingerprint density at radius 2 is 2.04 bits per heavy atom. The maximum absolute atomic E-state index is 12.1. The van der Waals surface area contributed by atoms with Gasteiger partial charge in [0, 0.05) is 19.2 Å². The summed E-state index contributed by atoms with van der Waals surface area (Å²) < 4.78 is 27.9. The third kappa shape index (κ3) is 4.88. The van der Waals surface area contributed by atoms with E-state index in [2.05, 4.69) is 9.97 Å². The fourth-order valence-corrected chi connectivity index (χ4v) is 4.55. The Morgan fingerprint density at radius 3 is 2.74 bits per heavy atom. The van der Waals surface area contributed by atoms with Crippen LogP contribution in [0.25, 0.3) is 17.1 Å². The highest BCUT2D eigenvalue weighted by molar-refractivity contribution is 7.91. The zero-order valence-electron chi connectivity index (χ0n) is 14.7. The molecule has 9 heteroatoms. The molecule has 0 bridgehead atoms. The number of ether oxygens (including phenoxy) is 1. The van der Waals surface area contributed by atoms with E-state index in [1.165, 1.54) is 30.3 Å². The smallest absolute Gasteiger partial charge is 0.331 e. The first-order valence-corrected chi connectivity index (χ1v) is 10.2. The third-order valence-electron chi connectivity index (χ3n) is 4.34. The molecular weight excluding hydrogens is 370 g/mol. The summed E-state index contributed by atoms with van der Waals surface area (Å²) in [5.41, 5.74) is 1.95. The fourth-order valence-electron chi connectivity index (χ4n) is 2.77. The largest absolute Gasteiger partial charge is 0.452 e. The molecule has 1 aliphatic heterocycles.